The zero-order valence-corrected chi connectivity index (χ0v) is 18.0. The van der Waals surface area contributed by atoms with Crippen LogP contribution in [0.15, 0.2) is 66.9 Å². The number of nitrogens with one attached hydrogen (secondary N) is 2. The van der Waals surface area contributed by atoms with E-state index < -0.39 is 5.41 Å². The number of aromatic amines is 1. The molecule has 1 unspecified atom stereocenters. The van der Waals surface area contributed by atoms with E-state index in [1.54, 1.807) is 17.2 Å². The minimum Gasteiger partial charge on any atom is -0.353 e. The molecule has 0 bridgehead atoms. The van der Waals surface area contributed by atoms with Gasteiger partial charge in [-0.3, -0.25) is 14.7 Å². The molecule has 1 aliphatic heterocycles. The van der Waals surface area contributed by atoms with Crippen molar-refractivity contribution in [2.75, 3.05) is 13.1 Å². The normalized spacial score (nSPS) is 18.4. The number of hydrogen-bond donors (Lipinski definition) is 2. The van der Waals surface area contributed by atoms with E-state index in [0.29, 0.717) is 31.6 Å². The minimum absolute atomic E-state index is 0.00884. The zero-order valence-electron chi connectivity index (χ0n) is 18.0. The molecule has 2 N–H and O–H groups in total. The van der Waals surface area contributed by atoms with Gasteiger partial charge in [-0.15, -0.1) is 0 Å². The molecule has 1 saturated heterocycles. The van der Waals surface area contributed by atoms with E-state index in [9.17, 15) is 9.59 Å². The van der Waals surface area contributed by atoms with Crippen LogP contribution in [-0.4, -0.2) is 46.0 Å². The second-order valence-corrected chi connectivity index (χ2v) is 8.60. The number of hydrogen-bond acceptors (Lipinski definition) is 3. The highest BCUT2D eigenvalue weighted by Crippen LogP contribution is 2.36. The maximum Gasteiger partial charge on any atom is 0.271 e. The van der Waals surface area contributed by atoms with Crippen molar-refractivity contribution in [2.45, 2.75) is 32.7 Å². The Bertz CT molecular complexity index is 1030. The van der Waals surface area contributed by atoms with Crippen LogP contribution in [0.25, 0.3) is 11.1 Å². The van der Waals surface area contributed by atoms with E-state index in [4.69, 9.17) is 0 Å². The van der Waals surface area contributed by atoms with Gasteiger partial charge in [0.15, 0.2) is 0 Å². The molecule has 6 heteroatoms. The molecule has 160 valence electrons. The van der Waals surface area contributed by atoms with Gasteiger partial charge in [-0.05, 0) is 49.4 Å². The first kappa shape index (κ1) is 20.8. The van der Waals surface area contributed by atoms with Crippen molar-refractivity contribution >= 4 is 11.8 Å². The highest BCUT2D eigenvalue weighted by Gasteiger charge is 2.46. The molecule has 1 atom stereocenters. The van der Waals surface area contributed by atoms with Crippen LogP contribution >= 0.6 is 0 Å². The van der Waals surface area contributed by atoms with Crippen molar-refractivity contribution in [1.82, 2.24) is 20.4 Å². The van der Waals surface area contributed by atoms with Crippen LogP contribution < -0.4 is 5.32 Å². The quantitative estimate of drug-likeness (QED) is 0.644. The van der Waals surface area contributed by atoms with Crippen molar-refractivity contribution in [1.29, 1.82) is 0 Å². The molecule has 2 amide bonds. The first-order chi connectivity index (χ1) is 15.0. The largest absolute Gasteiger partial charge is 0.353 e. The van der Waals surface area contributed by atoms with Gasteiger partial charge < -0.3 is 10.2 Å². The summed E-state index contributed by atoms with van der Waals surface area (Å²) in [7, 11) is 0. The lowest BCUT2D eigenvalue weighted by molar-refractivity contribution is -0.130. The maximum absolute atomic E-state index is 13.3. The Morgan fingerprint density at radius 1 is 1.06 bits per heavy atom. The van der Waals surface area contributed by atoms with Gasteiger partial charge in [0.25, 0.3) is 5.91 Å². The lowest BCUT2D eigenvalue weighted by atomic mass is 9.79. The fourth-order valence-corrected chi connectivity index (χ4v) is 4.25. The number of H-pyrrole nitrogens is 1. The molecular formula is C25H28N4O2. The van der Waals surface area contributed by atoms with Gasteiger partial charge >= 0.3 is 0 Å². The van der Waals surface area contributed by atoms with Crippen LogP contribution in [-0.2, 0) is 11.2 Å². The molecule has 1 fully saturated rings. The predicted molar refractivity (Wildman–Crippen MR) is 120 cm³/mol. The van der Waals surface area contributed by atoms with E-state index in [0.717, 1.165) is 11.1 Å². The predicted octanol–water partition coefficient (Wildman–Crippen LogP) is 3.68. The SMILES string of the molecule is CC(C)NC(=O)C1(Cc2ccc(-c3ccccc3)cc2)CCN(C(=O)c2ccn[nH]2)C1. The van der Waals surface area contributed by atoms with E-state index in [-0.39, 0.29) is 17.9 Å². The van der Waals surface area contributed by atoms with Gasteiger partial charge in [-0.2, -0.15) is 5.10 Å². The summed E-state index contributed by atoms with van der Waals surface area (Å²) in [6, 6.07) is 20.3. The molecule has 2 aromatic carbocycles. The lowest BCUT2D eigenvalue weighted by Gasteiger charge is -2.29. The first-order valence-corrected chi connectivity index (χ1v) is 10.7. The average Bonchev–Trinajstić information content (AvgIpc) is 3.45. The van der Waals surface area contributed by atoms with Crippen molar-refractivity contribution in [3.05, 3.63) is 78.1 Å². The molecule has 0 saturated carbocycles. The molecule has 4 rings (SSSR count). The third kappa shape index (κ3) is 4.53. The molecule has 6 nitrogen and oxygen atoms in total. The van der Waals surface area contributed by atoms with Crippen LogP contribution in [0.2, 0.25) is 0 Å². The summed E-state index contributed by atoms with van der Waals surface area (Å²) in [5.74, 6) is -0.106. The maximum atomic E-state index is 13.3. The number of carbonyl (C=O) groups excluding carboxylic acids is 2. The highest BCUT2D eigenvalue weighted by molar-refractivity contribution is 5.93. The van der Waals surface area contributed by atoms with Crippen LogP contribution in [0.3, 0.4) is 0 Å². The van der Waals surface area contributed by atoms with Crippen molar-refractivity contribution in [3.63, 3.8) is 0 Å². The van der Waals surface area contributed by atoms with Crippen molar-refractivity contribution in [3.8, 4) is 11.1 Å². The van der Waals surface area contributed by atoms with Gasteiger partial charge in [0.2, 0.25) is 5.91 Å². The van der Waals surface area contributed by atoms with Gasteiger partial charge in [-0.25, -0.2) is 0 Å². The van der Waals surface area contributed by atoms with E-state index in [1.165, 1.54) is 5.56 Å². The van der Waals surface area contributed by atoms with Gasteiger partial charge in [0, 0.05) is 25.3 Å². The topological polar surface area (TPSA) is 78.1 Å². The van der Waals surface area contributed by atoms with Crippen LogP contribution in [0, 0.1) is 5.41 Å². The Morgan fingerprint density at radius 2 is 1.77 bits per heavy atom. The fraction of sp³-hybridized carbons (Fsp3) is 0.320. The van der Waals surface area contributed by atoms with Crippen LogP contribution in [0.1, 0.15) is 36.3 Å². The van der Waals surface area contributed by atoms with Gasteiger partial charge in [0.1, 0.15) is 5.69 Å². The third-order valence-electron chi connectivity index (χ3n) is 5.88. The minimum atomic E-state index is -0.645. The molecule has 0 radical (unpaired) electrons. The van der Waals surface area contributed by atoms with E-state index >= 15 is 0 Å². The van der Waals surface area contributed by atoms with Crippen molar-refractivity contribution < 1.29 is 9.59 Å². The molecule has 1 aliphatic rings. The second-order valence-electron chi connectivity index (χ2n) is 8.60. The number of likely N-dealkylation sites (tertiary alicyclic amines) is 1. The Kier molecular flexibility index (Phi) is 5.89. The summed E-state index contributed by atoms with van der Waals surface area (Å²) in [5, 5.41) is 9.69. The standard InChI is InChI=1S/C25H28N4O2/c1-18(2)27-24(31)25(13-15-29(17-25)23(30)22-12-14-26-28-22)16-19-8-10-21(11-9-19)20-6-4-3-5-7-20/h3-12,14,18H,13,15-17H2,1-2H3,(H,26,28)(H,27,31). The molecule has 31 heavy (non-hydrogen) atoms. The molecule has 0 spiro atoms. The molecule has 1 aromatic heterocycles. The van der Waals surface area contributed by atoms with Crippen molar-refractivity contribution in [2.24, 2.45) is 5.41 Å². The second kappa shape index (κ2) is 8.76. The Hall–Kier alpha value is -3.41. The van der Waals surface area contributed by atoms with E-state index in [2.05, 4.69) is 51.9 Å². The zero-order chi connectivity index (χ0) is 21.8. The number of aromatic nitrogens is 2. The van der Waals surface area contributed by atoms with Gasteiger partial charge in [-0.1, -0.05) is 54.6 Å². The number of carbonyl (C=O) groups is 2. The third-order valence-corrected chi connectivity index (χ3v) is 5.88. The molecule has 2 heterocycles. The Morgan fingerprint density at radius 3 is 2.42 bits per heavy atom. The Labute approximate surface area is 182 Å². The van der Waals surface area contributed by atoms with E-state index in [1.807, 2.05) is 32.0 Å². The lowest BCUT2D eigenvalue weighted by Crippen LogP contribution is -2.47. The van der Waals surface area contributed by atoms with Gasteiger partial charge in [0.05, 0.1) is 5.41 Å². The summed E-state index contributed by atoms with van der Waals surface area (Å²) in [6.45, 7) is 4.86. The number of nitrogens with zero attached hydrogens (tertiary/aromatic N) is 2. The van der Waals surface area contributed by atoms with Crippen LogP contribution in [0.4, 0.5) is 0 Å². The fourth-order valence-electron chi connectivity index (χ4n) is 4.25. The van der Waals surface area contributed by atoms with Crippen LogP contribution in [0.5, 0.6) is 0 Å². The first-order valence-electron chi connectivity index (χ1n) is 10.7. The summed E-state index contributed by atoms with van der Waals surface area (Å²) < 4.78 is 0. The molecular weight excluding hydrogens is 388 g/mol. The monoisotopic (exact) mass is 416 g/mol. The smallest absolute Gasteiger partial charge is 0.271 e. The molecule has 0 aliphatic carbocycles. The summed E-state index contributed by atoms with van der Waals surface area (Å²) in [4.78, 5) is 27.8. The highest BCUT2D eigenvalue weighted by atomic mass is 16.2. The summed E-state index contributed by atoms with van der Waals surface area (Å²) >= 11 is 0. The molecule has 3 aromatic rings. The number of benzene rings is 2. The number of amides is 2. The number of rotatable bonds is 6. The average molecular weight is 417 g/mol. The Balaban J connectivity index is 1.56. The summed E-state index contributed by atoms with van der Waals surface area (Å²) in [6.07, 6.45) is 2.79. The summed E-state index contributed by atoms with van der Waals surface area (Å²) in [5.41, 5.74) is 3.21.